The number of rotatable bonds is 14. The van der Waals surface area contributed by atoms with Crippen LogP contribution in [-0.4, -0.2) is 46.0 Å². The summed E-state index contributed by atoms with van der Waals surface area (Å²) in [5.74, 6) is 0.788. The number of hydrogen-bond acceptors (Lipinski definition) is 5. The molecule has 4 rings (SSSR count). The predicted octanol–water partition coefficient (Wildman–Crippen LogP) is 7.97. The van der Waals surface area contributed by atoms with Crippen LogP contribution in [0.3, 0.4) is 0 Å². The van der Waals surface area contributed by atoms with Gasteiger partial charge in [0, 0.05) is 0 Å². The maximum absolute atomic E-state index is 10.7. The first-order chi connectivity index (χ1) is 20.6. The van der Waals surface area contributed by atoms with Crippen LogP contribution in [-0.2, 0) is 26.1 Å². The summed E-state index contributed by atoms with van der Waals surface area (Å²) < 4.78 is 25.8. The van der Waals surface area contributed by atoms with Gasteiger partial charge in [0.1, 0.15) is 17.5 Å². The lowest BCUT2D eigenvalue weighted by Gasteiger charge is -2.42. The lowest BCUT2D eigenvalue weighted by Crippen LogP contribution is -2.50. The second-order valence-corrected chi connectivity index (χ2v) is 17.1. The van der Waals surface area contributed by atoms with E-state index >= 15 is 0 Å². The van der Waals surface area contributed by atoms with Gasteiger partial charge in [0.25, 0.3) is 0 Å². The van der Waals surface area contributed by atoms with Crippen LogP contribution in [0.1, 0.15) is 43.0 Å². The maximum atomic E-state index is 10.7. The number of hydrogen-bond donors (Lipinski definition) is 1. The van der Waals surface area contributed by atoms with Gasteiger partial charge in [-0.3, -0.25) is 0 Å². The minimum Gasteiger partial charge on any atom is -0.497 e. The molecule has 0 unspecified atom stereocenters. The summed E-state index contributed by atoms with van der Waals surface area (Å²) in [6.07, 6.45) is -1.11. The van der Waals surface area contributed by atoms with Crippen molar-refractivity contribution in [2.45, 2.75) is 63.3 Å². The van der Waals surface area contributed by atoms with E-state index in [1.807, 2.05) is 78.9 Å². The van der Waals surface area contributed by atoms with Gasteiger partial charge in [-0.25, -0.2) is 0 Å². The predicted molar refractivity (Wildman–Crippen MR) is 176 cm³/mol. The van der Waals surface area contributed by atoms with E-state index in [-0.39, 0.29) is 18.3 Å². The van der Waals surface area contributed by atoms with Gasteiger partial charge in [0.2, 0.25) is 0 Å². The quantitative estimate of drug-likeness (QED) is 0.118. The van der Waals surface area contributed by atoms with E-state index in [1.54, 1.807) is 7.11 Å². The van der Waals surface area contributed by atoms with Crippen LogP contribution in [0.25, 0.3) is 0 Å². The van der Waals surface area contributed by atoms with Crippen LogP contribution < -0.4 is 4.74 Å². The minimum absolute atomic E-state index is 0.0380. The second kappa shape index (κ2) is 14.5. The smallest absolute Gasteiger partial charge is 0.192 e. The highest BCUT2D eigenvalue weighted by Crippen LogP contribution is 2.42. The van der Waals surface area contributed by atoms with Crippen molar-refractivity contribution >= 4 is 8.32 Å². The standard InChI is InChI=1S/C37H46O5Si/c1-36(2,3)43(5,6)42-34(26-38)35(40-27-29-22-24-33(39-4)25-23-29)28-41-37(30-16-10-7-11-17-30,31-18-12-8-13-19-31)32-20-14-9-15-21-32/h7-25,34-35,38H,26-28H2,1-6H3/t34-,35+/m1/s1. The van der Waals surface area contributed by atoms with Gasteiger partial charge in [-0.05, 0) is 52.5 Å². The van der Waals surface area contributed by atoms with Crippen LogP contribution in [0.15, 0.2) is 115 Å². The Labute approximate surface area is 258 Å². The zero-order valence-electron chi connectivity index (χ0n) is 26.3. The van der Waals surface area contributed by atoms with Crippen LogP contribution in [0.4, 0.5) is 0 Å². The molecule has 0 saturated heterocycles. The van der Waals surface area contributed by atoms with E-state index in [0.29, 0.717) is 6.61 Å². The number of aliphatic hydroxyl groups is 1. The van der Waals surface area contributed by atoms with Gasteiger partial charge in [0.15, 0.2) is 8.32 Å². The Balaban J connectivity index is 1.75. The van der Waals surface area contributed by atoms with Crippen LogP contribution >= 0.6 is 0 Å². The number of ether oxygens (including phenoxy) is 3. The molecule has 228 valence electrons. The molecule has 5 nitrogen and oxygen atoms in total. The highest BCUT2D eigenvalue weighted by atomic mass is 28.4. The molecule has 0 bridgehead atoms. The highest BCUT2D eigenvalue weighted by Gasteiger charge is 2.43. The molecule has 43 heavy (non-hydrogen) atoms. The van der Waals surface area contributed by atoms with Gasteiger partial charge in [-0.15, -0.1) is 0 Å². The maximum Gasteiger partial charge on any atom is 0.192 e. The number of benzene rings is 4. The Hall–Kier alpha value is -3.26. The van der Waals surface area contributed by atoms with Crippen molar-refractivity contribution in [2.24, 2.45) is 0 Å². The average Bonchev–Trinajstić information content (AvgIpc) is 3.03. The van der Waals surface area contributed by atoms with Crippen LogP contribution in [0, 0.1) is 0 Å². The molecule has 0 spiro atoms. The first kappa shape index (κ1) is 32.6. The van der Waals surface area contributed by atoms with E-state index in [2.05, 4.69) is 70.3 Å². The fourth-order valence-corrected chi connectivity index (χ4v) is 6.29. The van der Waals surface area contributed by atoms with Crippen molar-refractivity contribution in [3.63, 3.8) is 0 Å². The van der Waals surface area contributed by atoms with Gasteiger partial charge >= 0.3 is 0 Å². The zero-order chi connectivity index (χ0) is 30.9. The third-order valence-corrected chi connectivity index (χ3v) is 13.0. The Morgan fingerprint density at radius 2 is 1.14 bits per heavy atom. The average molecular weight is 599 g/mol. The lowest BCUT2D eigenvalue weighted by atomic mass is 9.80. The van der Waals surface area contributed by atoms with E-state index in [1.165, 1.54) is 0 Å². The van der Waals surface area contributed by atoms with Crippen molar-refractivity contribution < 1.29 is 23.7 Å². The molecule has 2 atom stereocenters. The Kier molecular flexibility index (Phi) is 11.0. The summed E-state index contributed by atoms with van der Waals surface area (Å²) in [5.41, 5.74) is 3.10. The summed E-state index contributed by atoms with van der Waals surface area (Å²) in [6.45, 7) is 11.3. The molecule has 0 radical (unpaired) electrons. The summed E-state index contributed by atoms with van der Waals surface area (Å²) in [6, 6.07) is 38.7. The molecule has 4 aromatic carbocycles. The van der Waals surface area contributed by atoms with E-state index in [9.17, 15) is 5.11 Å². The first-order valence-corrected chi connectivity index (χ1v) is 17.9. The van der Waals surface area contributed by atoms with E-state index in [0.717, 1.165) is 28.0 Å². The molecule has 0 aliphatic carbocycles. The molecular formula is C37H46O5Si. The molecule has 0 saturated carbocycles. The monoisotopic (exact) mass is 598 g/mol. The molecule has 0 heterocycles. The molecule has 0 amide bonds. The zero-order valence-corrected chi connectivity index (χ0v) is 27.3. The van der Waals surface area contributed by atoms with Gasteiger partial charge in [-0.2, -0.15) is 0 Å². The van der Waals surface area contributed by atoms with E-state index < -0.39 is 26.1 Å². The van der Waals surface area contributed by atoms with Crippen molar-refractivity contribution in [3.8, 4) is 5.75 Å². The molecule has 0 aromatic heterocycles. The molecule has 6 heteroatoms. The van der Waals surface area contributed by atoms with Crippen LogP contribution in [0.2, 0.25) is 18.1 Å². The normalized spacial score (nSPS) is 13.8. The largest absolute Gasteiger partial charge is 0.497 e. The lowest BCUT2D eigenvalue weighted by molar-refractivity contribution is -0.118. The molecule has 0 fully saturated rings. The Bertz CT molecular complexity index is 1270. The molecule has 0 aliphatic heterocycles. The van der Waals surface area contributed by atoms with Crippen molar-refractivity contribution in [3.05, 3.63) is 138 Å². The Morgan fingerprint density at radius 1 is 0.674 bits per heavy atom. The number of aliphatic hydroxyl groups excluding tert-OH is 1. The summed E-state index contributed by atoms with van der Waals surface area (Å²) in [5, 5.41) is 10.7. The van der Waals surface area contributed by atoms with Gasteiger partial charge in [0.05, 0.1) is 33.0 Å². The first-order valence-electron chi connectivity index (χ1n) is 14.9. The van der Waals surface area contributed by atoms with Crippen molar-refractivity contribution in [2.75, 3.05) is 20.3 Å². The molecule has 0 aliphatic rings. The third kappa shape index (κ3) is 7.83. The van der Waals surface area contributed by atoms with Gasteiger partial charge < -0.3 is 23.7 Å². The molecule has 4 aromatic rings. The molecular weight excluding hydrogens is 552 g/mol. The van der Waals surface area contributed by atoms with Crippen LogP contribution in [0.5, 0.6) is 5.75 Å². The second-order valence-electron chi connectivity index (χ2n) is 12.4. The topological polar surface area (TPSA) is 57.2 Å². The fourth-order valence-electron chi connectivity index (χ4n) is 4.95. The summed E-state index contributed by atoms with van der Waals surface area (Å²) in [7, 11) is -0.597. The highest BCUT2D eigenvalue weighted by molar-refractivity contribution is 6.74. The van der Waals surface area contributed by atoms with Crippen molar-refractivity contribution in [1.82, 2.24) is 0 Å². The fraction of sp³-hybridized carbons (Fsp3) is 0.351. The van der Waals surface area contributed by atoms with Gasteiger partial charge in [-0.1, -0.05) is 124 Å². The third-order valence-electron chi connectivity index (χ3n) is 8.47. The summed E-state index contributed by atoms with van der Waals surface area (Å²) >= 11 is 0. The summed E-state index contributed by atoms with van der Waals surface area (Å²) in [4.78, 5) is 0. The molecule has 1 N–H and O–H groups in total. The van der Waals surface area contributed by atoms with Crippen molar-refractivity contribution in [1.29, 1.82) is 0 Å². The number of methoxy groups -OCH3 is 1. The van der Waals surface area contributed by atoms with E-state index in [4.69, 9.17) is 18.6 Å². The SMILES string of the molecule is COc1ccc(CO[C@@H](COC(c2ccccc2)(c2ccccc2)c2ccccc2)[C@@H](CO)O[Si](C)(C)C(C)(C)C)cc1. The minimum atomic E-state index is -2.25. The Morgan fingerprint density at radius 3 is 1.53 bits per heavy atom.